The Labute approximate surface area is 118 Å². The third-order valence-electron chi connectivity index (χ3n) is 4.39. The molecule has 1 rings (SSSR count). The molecule has 108 valence electrons. The third kappa shape index (κ3) is 3.61. The van der Waals surface area contributed by atoms with E-state index >= 15 is 0 Å². The van der Waals surface area contributed by atoms with E-state index in [0.717, 1.165) is 11.3 Å². The zero-order valence-electron chi connectivity index (χ0n) is 13.3. The number of rotatable bonds is 2. The van der Waals surface area contributed by atoms with Crippen LogP contribution in [0.15, 0.2) is 11.3 Å². The van der Waals surface area contributed by atoms with Crippen molar-refractivity contribution in [1.29, 1.82) is 5.26 Å². The molecule has 0 bridgehead atoms. The van der Waals surface area contributed by atoms with Gasteiger partial charge in [-0.25, -0.2) is 0 Å². The molecule has 19 heavy (non-hydrogen) atoms. The van der Waals surface area contributed by atoms with Gasteiger partial charge in [0.25, 0.3) is 0 Å². The molecule has 4 heteroatoms. The van der Waals surface area contributed by atoms with Gasteiger partial charge in [0.1, 0.15) is 0 Å². The molecule has 1 aliphatic carbocycles. The Kier molecular flexibility index (Phi) is 4.24. The average Bonchev–Trinajstić information content (AvgIpc) is 2.12. The van der Waals surface area contributed by atoms with Crippen molar-refractivity contribution in [3.8, 4) is 6.07 Å². The third-order valence-corrected chi connectivity index (χ3v) is 8.75. The highest BCUT2D eigenvalue weighted by molar-refractivity contribution is 6.74. The molecule has 0 radical (unpaired) electrons. The van der Waals surface area contributed by atoms with Crippen LogP contribution >= 0.6 is 0 Å². The molecule has 2 atom stereocenters. The second-order valence-electron chi connectivity index (χ2n) is 7.59. The Hall–Kier alpha value is -0.793. The first-order valence-corrected chi connectivity index (χ1v) is 9.85. The molecule has 1 aliphatic rings. The molecule has 0 heterocycles. The van der Waals surface area contributed by atoms with Gasteiger partial charge < -0.3 is 9.53 Å². The van der Waals surface area contributed by atoms with E-state index in [4.69, 9.17) is 4.43 Å². The number of hydrogen-bond donors (Lipinski definition) is 1. The highest BCUT2D eigenvalue weighted by Gasteiger charge is 2.43. The molecule has 0 fully saturated rings. The molecule has 0 unspecified atom stereocenters. The van der Waals surface area contributed by atoms with Crippen molar-refractivity contribution >= 4 is 8.32 Å². The first-order chi connectivity index (χ1) is 8.39. The van der Waals surface area contributed by atoms with Crippen molar-refractivity contribution < 1.29 is 9.53 Å². The second-order valence-corrected chi connectivity index (χ2v) is 12.3. The molecule has 0 saturated carbocycles. The van der Waals surface area contributed by atoms with Gasteiger partial charge in [-0.05, 0) is 37.4 Å². The van der Waals surface area contributed by atoms with Crippen molar-refractivity contribution in [2.75, 3.05) is 0 Å². The van der Waals surface area contributed by atoms with E-state index in [-0.39, 0.29) is 11.0 Å². The van der Waals surface area contributed by atoms with Gasteiger partial charge in [-0.2, -0.15) is 5.26 Å². The van der Waals surface area contributed by atoms with Gasteiger partial charge in [-0.1, -0.05) is 27.7 Å². The summed E-state index contributed by atoms with van der Waals surface area (Å²) in [5.74, 6) is 0.784. The van der Waals surface area contributed by atoms with Crippen LogP contribution in [0.1, 0.15) is 47.5 Å². The smallest absolute Gasteiger partial charge is 0.250 e. The molecule has 0 aromatic heterocycles. The van der Waals surface area contributed by atoms with Gasteiger partial charge in [-0.15, -0.1) is 0 Å². The molecule has 1 N–H and O–H groups in total. The van der Waals surface area contributed by atoms with Gasteiger partial charge in [0.2, 0.25) is 8.32 Å². The van der Waals surface area contributed by atoms with Crippen molar-refractivity contribution in [2.45, 2.75) is 71.2 Å². The van der Waals surface area contributed by atoms with E-state index in [0.29, 0.717) is 12.8 Å². The molecule has 0 aromatic carbocycles. The van der Waals surface area contributed by atoms with Crippen LogP contribution in [0.3, 0.4) is 0 Å². The number of hydrogen-bond acceptors (Lipinski definition) is 3. The largest absolute Gasteiger partial charge is 0.546 e. The number of aliphatic hydroxyl groups is 1. The summed E-state index contributed by atoms with van der Waals surface area (Å²) in [5.41, 5.74) is -0.0476. The van der Waals surface area contributed by atoms with Gasteiger partial charge in [0, 0.05) is 6.42 Å². The number of nitrogens with zero attached hydrogens (tertiary/aromatic N) is 1. The molecule has 3 nitrogen and oxygen atoms in total. The van der Waals surface area contributed by atoms with E-state index in [1.54, 1.807) is 0 Å². The highest BCUT2D eigenvalue weighted by atomic mass is 28.4. The van der Waals surface area contributed by atoms with Crippen molar-refractivity contribution in [2.24, 2.45) is 5.92 Å². The van der Waals surface area contributed by atoms with Crippen LogP contribution in [0.25, 0.3) is 0 Å². The van der Waals surface area contributed by atoms with Crippen LogP contribution in [0.2, 0.25) is 18.1 Å². The minimum Gasteiger partial charge on any atom is -0.546 e. The molecular weight excluding hydrogens is 254 g/mol. The van der Waals surface area contributed by atoms with Crippen LogP contribution in [0, 0.1) is 17.2 Å². The zero-order chi connectivity index (χ0) is 15.1. The lowest BCUT2D eigenvalue weighted by Crippen LogP contribution is -2.43. The standard InChI is InChI=1S/C15H27NO2Si/c1-11-8-15(5,17)9-13(12(11)10-16)18-19(6,7)14(2,3)4/h11,17H,8-9H2,1-7H3/t11-,15-/m0/s1. The monoisotopic (exact) mass is 281 g/mol. The maximum Gasteiger partial charge on any atom is 0.250 e. The van der Waals surface area contributed by atoms with Gasteiger partial charge in [-0.3, -0.25) is 0 Å². The summed E-state index contributed by atoms with van der Waals surface area (Å²) < 4.78 is 6.29. The topological polar surface area (TPSA) is 53.2 Å². The summed E-state index contributed by atoms with van der Waals surface area (Å²) in [7, 11) is -1.96. The molecule has 0 aromatic rings. The zero-order valence-corrected chi connectivity index (χ0v) is 14.3. The van der Waals surface area contributed by atoms with Gasteiger partial charge in [0.05, 0.1) is 23.0 Å². The lowest BCUT2D eigenvalue weighted by atomic mass is 9.79. The van der Waals surface area contributed by atoms with Crippen LogP contribution in [0.5, 0.6) is 0 Å². The van der Waals surface area contributed by atoms with Gasteiger partial charge in [0.15, 0.2) is 0 Å². The van der Waals surface area contributed by atoms with Crippen LogP contribution in [0.4, 0.5) is 0 Å². The fourth-order valence-electron chi connectivity index (χ4n) is 2.27. The summed E-state index contributed by atoms with van der Waals surface area (Å²) in [6.07, 6.45) is 1.08. The minimum absolute atomic E-state index is 0.0634. The Morgan fingerprint density at radius 3 is 2.37 bits per heavy atom. The highest BCUT2D eigenvalue weighted by Crippen LogP contribution is 2.43. The summed E-state index contributed by atoms with van der Waals surface area (Å²) >= 11 is 0. The van der Waals surface area contributed by atoms with Crippen LogP contribution in [-0.2, 0) is 4.43 Å². The molecular formula is C15H27NO2Si. The molecule has 0 spiro atoms. The van der Waals surface area contributed by atoms with E-state index in [1.807, 2.05) is 13.8 Å². The molecule has 0 aliphatic heterocycles. The van der Waals surface area contributed by atoms with E-state index < -0.39 is 13.9 Å². The van der Waals surface area contributed by atoms with E-state index in [2.05, 4.69) is 39.9 Å². The predicted octanol–water partition coefficient (Wildman–Crippen LogP) is 3.97. The van der Waals surface area contributed by atoms with E-state index in [1.165, 1.54) is 0 Å². The van der Waals surface area contributed by atoms with Crippen LogP contribution < -0.4 is 0 Å². The summed E-state index contributed by atoms with van der Waals surface area (Å²) in [5, 5.41) is 19.8. The first-order valence-electron chi connectivity index (χ1n) is 6.94. The lowest BCUT2D eigenvalue weighted by molar-refractivity contribution is 0.0224. The normalized spacial score (nSPS) is 29.1. The maximum absolute atomic E-state index is 10.3. The fourth-order valence-corrected chi connectivity index (χ4v) is 3.38. The second kappa shape index (κ2) is 4.95. The van der Waals surface area contributed by atoms with Crippen molar-refractivity contribution in [1.82, 2.24) is 0 Å². The summed E-state index contributed by atoms with van der Waals surface area (Å²) in [6, 6.07) is 2.28. The minimum atomic E-state index is -1.96. The summed E-state index contributed by atoms with van der Waals surface area (Å²) in [4.78, 5) is 0. The fraction of sp³-hybridized carbons (Fsp3) is 0.800. The predicted molar refractivity (Wildman–Crippen MR) is 79.9 cm³/mol. The van der Waals surface area contributed by atoms with Gasteiger partial charge >= 0.3 is 0 Å². The van der Waals surface area contributed by atoms with E-state index in [9.17, 15) is 10.4 Å². The Morgan fingerprint density at radius 1 is 1.42 bits per heavy atom. The number of allylic oxidation sites excluding steroid dienone is 1. The maximum atomic E-state index is 10.3. The van der Waals surface area contributed by atoms with Crippen molar-refractivity contribution in [3.05, 3.63) is 11.3 Å². The molecule has 0 saturated heterocycles. The molecule has 0 amide bonds. The summed E-state index contributed by atoms with van der Waals surface area (Å²) in [6.45, 7) is 14.7. The average molecular weight is 281 g/mol. The van der Waals surface area contributed by atoms with Crippen molar-refractivity contribution in [3.63, 3.8) is 0 Å². The Morgan fingerprint density at radius 2 is 1.95 bits per heavy atom. The Bertz CT molecular complexity index is 424. The first kappa shape index (κ1) is 16.3. The van der Waals surface area contributed by atoms with Crippen LogP contribution in [-0.4, -0.2) is 19.0 Å². The lowest BCUT2D eigenvalue weighted by Gasteiger charge is -2.41. The SMILES string of the molecule is C[C@H]1C[C@](C)(O)CC(O[Si](C)(C)C(C)(C)C)=C1C#N. The number of nitriles is 1. The Balaban J connectivity index is 3.12. The quantitative estimate of drug-likeness (QED) is 0.779.